The summed E-state index contributed by atoms with van der Waals surface area (Å²) in [5.41, 5.74) is 0. The van der Waals surface area contributed by atoms with E-state index >= 15 is 0 Å². The number of hydrogen-bond donors (Lipinski definition) is 0. The van der Waals surface area contributed by atoms with Gasteiger partial charge < -0.3 is 9.47 Å². The first-order valence-electron chi connectivity index (χ1n) is 3.34. The van der Waals surface area contributed by atoms with E-state index < -0.39 is 17.8 Å². The molecule has 0 aromatic heterocycles. The normalized spacial score (nSPS) is 9.46. The molecule has 0 fully saturated rings. The van der Waals surface area contributed by atoms with Crippen LogP contribution in [0.1, 0.15) is 0 Å². The number of hydrogen-bond acceptors (Lipinski definition) is 3. The van der Waals surface area contributed by atoms with Crippen molar-refractivity contribution in [2.75, 3.05) is 7.11 Å². The predicted molar refractivity (Wildman–Crippen MR) is 39.4 cm³/mol. The summed E-state index contributed by atoms with van der Waals surface area (Å²) < 4.78 is 33.6. The maximum atomic E-state index is 12.8. The molecule has 0 saturated carbocycles. The lowest BCUT2D eigenvalue weighted by molar-refractivity contribution is 0.119. The lowest BCUT2D eigenvalue weighted by Crippen LogP contribution is -2.08. The Bertz CT molecular complexity index is 325. The standard InChI is InChI=1S/C8H6F2O3/c1-12-8(11)13-7-3-2-5(9)4-6(7)10/h2-4H,1H3. The van der Waals surface area contributed by atoms with Crippen molar-refractivity contribution in [3.63, 3.8) is 0 Å². The lowest BCUT2D eigenvalue weighted by Gasteiger charge is -2.02. The number of benzene rings is 1. The Kier molecular flexibility index (Phi) is 2.79. The molecule has 3 nitrogen and oxygen atoms in total. The first-order valence-corrected chi connectivity index (χ1v) is 3.34. The summed E-state index contributed by atoms with van der Waals surface area (Å²) in [5.74, 6) is -2.06. The third kappa shape index (κ3) is 2.40. The summed E-state index contributed by atoms with van der Waals surface area (Å²) in [6, 6.07) is 2.58. The van der Waals surface area contributed by atoms with Crippen LogP contribution >= 0.6 is 0 Å². The van der Waals surface area contributed by atoms with E-state index in [9.17, 15) is 13.6 Å². The van der Waals surface area contributed by atoms with Crippen molar-refractivity contribution >= 4 is 6.16 Å². The molecule has 0 aliphatic rings. The Morgan fingerprint density at radius 3 is 2.62 bits per heavy atom. The summed E-state index contributed by atoms with van der Waals surface area (Å²) in [6.07, 6.45) is -1.05. The van der Waals surface area contributed by atoms with Gasteiger partial charge in [0.2, 0.25) is 0 Å². The molecular formula is C8H6F2O3. The van der Waals surface area contributed by atoms with Crippen molar-refractivity contribution < 1.29 is 23.0 Å². The van der Waals surface area contributed by atoms with E-state index in [0.29, 0.717) is 6.07 Å². The van der Waals surface area contributed by atoms with Crippen LogP contribution in [0.4, 0.5) is 13.6 Å². The Labute approximate surface area is 72.9 Å². The van der Waals surface area contributed by atoms with E-state index in [1.54, 1.807) is 0 Å². The zero-order valence-corrected chi connectivity index (χ0v) is 6.71. The maximum absolute atomic E-state index is 12.8. The molecule has 0 saturated heterocycles. The van der Waals surface area contributed by atoms with Crippen LogP contribution in [0.15, 0.2) is 18.2 Å². The Balaban J connectivity index is 2.83. The summed E-state index contributed by atoms with van der Waals surface area (Å²) in [6.45, 7) is 0. The van der Waals surface area contributed by atoms with Gasteiger partial charge in [0.15, 0.2) is 11.6 Å². The van der Waals surface area contributed by atoms with Crippen LogP contribution in [0.2, 0.25) is 0 Å². The van der Waals surface area contributed by atoms with E-state index in [1.807, 2.05) is 0 Å². The number of methoxy groups -OCH3 is 1. The maximum Gasteiger partial charge on any atom is 0.513 e. The molecule has 0 amide bonds. The fraction of sp³-hybridized carbons (Fsp3) is 0.125. The molecule has 70 valence electrons. The second-order valence-electron chi connectivity index (χ2n) is 2.13. The SMILES string of the molecule is COC(=O)Oc1ccc(F)cc1F. The van der Waals surface area contributed by atoms with Gasteiger partial charge in [0.05, 0.1) is 7.11 Å². The molecular weight excluding hydrogens is 182 g/mol. The average Bonchev–Trinajstić information content (AvgIpc) is 2.09. The monoisotopic (exact) mass is 188 g/mol. The van der Waals surface area contributed by atoms with Gasteiger partial charge in [-0.3, -0.25) is 0 Å². The minimum Gasteiger partial charge on any atom is -0.437 e. The van der Waals surface area contributed by atoms with Gasteiger partial charge in [-0.2, -0.15) is 0 Å². The van der Waals surface area contributed by atoms with Gasteiger partial charge in [-0.05, 0) is 12.1 Å². The fourth-order valence-electron chi connectivity index (χ4n) is 0.689. The highest BCUT2D eigenvalue weighted by atomic mass is 19.1. The van der Waals surface area contributed by atoms with Crippen LogP contribution in [0.5, 0.6) is 5.75 Å². The third-order valence-electron chi connectivity index (χ3n) is 1.25. The molecule has 13 heavy (non-hydrogen) atoms. The van der Waals surface area contributed by atoms with Crippen molar-refractivity contribution in [3.05, 3.63) is 29.8 Å². The molecule has 0 atom stereocenters. The van der Waals surface area contributed by atoms with E-state index in [0.717, 1.165) is 19.2 Å². The first-order chi connectivity index (χ1) is 6.13. The van der Waals surface area contributed by atoms with Crippen molar-refractivity contribution in [2.45, 2.75) is 0 Å². The highest BCUT2D eigenvalue weighted by molar-refractivity contribution is 5.63. The molecule has 5 heteroatoms. The predicted octanol–water partition coefficient (Wildman–Crippen LogP) is 2.11. The third-order valence-corrected chi connectivity index (χ3v) is 1.25. The second-order valence-corrected chi connectivity index (χ2v) is 2.13. The molecule has 0 N–H and O–H groups in total. The van der Waals surface area contributed by atoms with Gasteiger partial charge >= 0.3 is 6.16 Å². The quantitative estimate of drug-likeness (QED) is 0.500. The van der Waals surface area contributed by atoms with E-state index in [2.05, 4.69) is 9.47 Å². The van der Waals surface area contributed by atoms with Crippen LogP contribution in [0.25, 0.3) is 0 Å². The number of rotatable bonds is 1. The Morgan fingerprint density at radius 2 is 2.08 bits per heavy atom. The molecule has 1 aromatic carbocycles. The van der Waals surface area contributed by atoms with Crippen LogP contribution < -0.4 is 4.74 Å². The van der Waals surface area contributed by atoms with Crippen molar-refractivity contribution in [2.24, 2.45) is 0 Å². The molecule has 0 aliphatic carbocycles. The Morgan fingerprint density at radius 1 is 1.38 bits per heavy atom. The molecule has 0 heterocycles. The summed E-state index contributed by atoms with van der Waals surface area (Å²) in [7, 11) is 1.09. The lowest BCUT2D eigenvalue weighted by atomic mass is 10.3. The highest BCUT2D eigenvalue weighted by Crippen LogP contribution is 2.17. The van der Waals surface area contributed by atoms with E-state index in [1.165, 1.54) is 0 Å². The van der Waals surface area contributed by atoms with Crippen molar-refractivity contribution in [1.29, 1.82) is 0 Å². The van der Waals surface area contributed by atoms with Crippen LogP contribution in [0.3, 0.4) is 0 Å². The average molecular weight is 188 g/mol. The Hall–Kier alpha value is -1.65. The largest absolute Gasteiger partial charge is 0.513 e. The molecule has 0 bridgehead atoms. The molecule has 0 aliphatic heterocycles. The molecule has 1 aromatic rings. The van der Waals surface area contributed by atoms with Gasteiger partial charge in [0.25, 0.3) is 0 Å². The van der Waals surface area contributed by atoms with Crippen molar-refractivity contribution in [1.82, 2.24) is 0 Å². The van der Waals surface area contributed by atoms with Crippen molar-refractivity contribution in [3.8, 4) is 5.75 Å². The zero-order valence-electron chi connectivity index (χ0n) is 6.71. The summed E-state index contributed by atoms with van der Waals surface area (Å²) in [5, 5.41) is 0. The number of carbonyl (C=O) groups is 1. The minimum absolute atomic E-state index is 0.367. The van der Waals surface area contributed by atoms with Crippen LogP contribution in [0, 0.1) is 11.6 Å². The minimum atomic E-state index is -1.05. The summed E-state index contributed by atoms with van der Waals surface area (Å²) in [4.78, 5) is 10.5. The molecule has 0 unspecified atom stereocenters. The molecule has 0 spiro atoms. The fourth-order valence-corrected chi connectivity index (χ4v) is 0.689. The van der Waals surface area contributed by atoms with Gasteiger partial charge in [-0.1, -0.05) is 0 Å². The number of halogens is 2. The highest BCUT2D eigenvalue weighted by Gasteiger charge is 2.09. The van der Waals surface area contributed by atoms with Gasteiger partial charge in [-0.25, -0.2) is 13.6 Å². The van der Waals surface area contributed by atoms with Gasteiger partial charge in [0, 0.05) is 6.07 Å². The zero-order chi connectivity index (χ0) is 9.84. The smallest absolute Gasteiger partial charge is 0.437 e. The second kappa shape index (κ2) is 3.84. The van der Waals surface area contributed by atoms with Crippen LogP contribution in [-0.4, -0.2) is 13.3 Å². The summed E-state index contributed by atoms with van der Waals surface area (Å²) >= 11 is 0. The van der Waals surface area contributed by atoms with Gasteiger partial charge in [0.1, 0.15) is 5.82 Å². The number of ether oxygens (including phenoxy) is 2. The molecule has 0 radical (unpaired) electrons. The van der Waals surface area contributed by atoms with E-state index in [-0.39, 0.29) is 5.75 Å². The van der Waals surface area contributed by atoms with Gasteiger partial charge in [-0.15, -0.1) is 0 Å². The van der Waals surface area contributed by atoms with E-state index in [4.69, 9.17) is 0 Å². The first kappa shape index (κ1) is 9.44. The van der Waals surface area contributed by atoms with Crippen LogP contribution in [-0.2, 0) is 4.74 Å². The molecule has 1 rings (SSSR count). The number of carbonyl (C=O) groups excluding carboxylic acids is 1. The topological polar surface area (TPSA) is 35.5 Å².